The maximum absolute atomic E-state index is 12.7. The standard InChI is InChI=1S/C14H17FO4S/c15-12-3-1-11(2-4-12)9-13(16)10-20(17,18)14-5-7-19-8-6-14/h1-4,14H,5-10H2. The summed E-state index contributed by atoms with van der Waals surface area (Å²) in [4.78, 5) is 11.9. The van der Waals surface area contributed by atoms with Gasteiger partial charge in [-0.2, -0.15) is 0 Å². The molecule has 0 spiro atoms. The lowest BCUT2D eigenvalue weighted by atomic mass is 10.1. The number of halogens is 1. The van der Waals surface area contributed by atoms with Gasteiger partial charge in [-0.3, -0.25) is 4.79 Å². The highest BCUT2D eigenvalue weighted by molar-refractivity contribution is 7.92. The van der Waals surface area contributed by atoms with Crippen LogP contribution in [-0.2, 0) is 25.8 Å². The highest BCUT2D eigenvalue weighted by Gasteiger charge is 2.29. The quantitative estimate of drug-likeness (QED) is 0.827. The van der Waals surface area contributed by atoms with E-state index in [0.29, 0.717) is 31.6 Å². The Labute approximate surface area is 117 Å². The Morgan fingerprint density at radius 1 is 1.20 bits per heavy atom. The molecule has 0 unspecified atom stereocenters. The van der Waals surface area contributed by atoms with Gasteiger partial charge in [0, 0.05) is 19.6 Å². The molecule has 4 nitrogen and oxygen atoms in total. The highest BCUT2D eigenvalue weighted by atomic mass is 32.2. The van der Waals surface area contributed by atoms with Gasteiger partial charge in [-0.25, -0.2) is 12.8 Å². The van der Waals surface area contributed by atoms with Crippen molar-refractivity contribution in [3.63, 3.8) is 0 Å². The third-order valence-corrected chi connectivity index (χ3v) is 5.56. The second-order valence-electron chi connectivity index (χ2n) is 4.96. The first kappa shape index (κ1) is 15.1. The van der Waals surface area contributed by atoms with Crippen molar-refractivity contribution in [1.82, 2.24) is 0 Å². The zero-order chi connectivity index (χ0) is 14.6. The Morgan fingerprint density at radius 3 is 2.40 bits per heavy atom. The summed E-state index contributed by atoms with van der Waals surface area (Å²) in [6, 6.07) is 5.51. The predicted molar refractivity (Wildman–Crippen MR) is 72.7 cm³/mol. The van der Waals surface area contributed by atoms with Crippen LogP contribution in [0, 0.1) is 5.82 Å². The number of sulfone groups is 1. The normalized spacial score (nSPS) is 17.1. The van der Waals surface area contributed by atoms with Crippen molar-refractivity contribution >= 4 is 15.6 Å². The number of hydrogen-bond donors (Lipinski definition) is 0. The van der Waals surface area contributed by atoms with E-state index in [2.05, 4.69) is 0 Å². The third kappa shape index (κ3) is 4.11. The molecule has 1 aliphatic rings. The number of ether oxygens (including phenoxy) is 1. The molecule has 1 fully saturated rings. The minimum absolute atomic E-state index is 0.0166. The number of rotatable bonds is 5. The number of carbonyl (C=O) groups excluding carboxylic acids is 1. The molecule has 0 bridgehead atoms. The summed E-state index contributed by atoms with van der Waals surface area (Å²) < 4.78 is 42.1. The molecule has 6 heteroatoms. The van der Waals surface area contributed by atoms with Crippen molar-refractivity contribution in [2.75, 3.05) is 19.0 Å². The minimum atomic E-state index is -3.41. The molecule has 0 aliphatic carbocycles. The highest BCUT2D eigenvalue weighted by Crippen LogP contribution is 2.17. The van der Waals surface area contributed by atoms with E-state index in [4.69, 9.17) is 4.74 Å². The van der Waals surface area contributed by atoms with Crippen LogP contribution in [0.4, 0.5) is 4.39 Å². The second-order valence-corrected chi connectivity index (χ2v) is 7.24. The molecular weight excluding hydrogens is 283 g/mol. The molecule has 0 N–H and O–H groups in total. The van der Waals surface area contributed by atoms with Crippen LogP contribution < -0.4 is 0 Å². The molecule has 0 amide bonds. The fourth-order valence-electron chi connectivity index (χ4n) is 2.26. The van der Waals surface area contributed by atoms with Gasteiger partial charge in [0.25, 0.3) is 0 Å². The lowest BCUT2D eigenvalue weighted by Gasteiger charge is -2.21. The van der Waals surface area contributed by atoms with Crippen LogP contribution in [0.15, 0.2) is 24.3 Å². The molecule has 0 atom stereocenters. The Bertz CT molecular complexity index is 559. The van der Waals surface area contributed by atoms with Gasteiger partial charge in [0.1, 0.15) is 11.6 Å². The summed E-state index contributed by atoms with van der Waals surface area (Å²) >= 11 is 0. The summed E-state index contributed by atoms with van der Waals surface area (Å²) in [7, 11) is -3.41. The first-order chi connectivity index (χ1) is 9.47. The van der Waals surface area contributed by atoms with Gasteiger partial charge in [-0.05, 0) is 30.5 Å². The van der Waals surface area contributed by atoms with E-state index in [0.717, 1.165) is 0 Å². The SMILES string of the molecule is O=C(Cc1ccc(F)cc1)CS(=O)(=O)C1CCOCC1. The second kappa shape index (κ2) is 6.45. The molecule has 20 heavy (non-hydrogen) atoms. The minimum Gasteiger partial charge on any atom is -0.381 e. The summed E-state index contributed by atoms with van der Waals surface area (Å²) in [5.41, 5.74) is 0.624. The Hall–Kier alpha value is -1.27. The Balaban J connectivity index is 1.94. The molecule has 1 heterocycles. The van der Waals surface area contributed by atoms with Crippen LogP contribution in [0.1, 0.15) is 18.4 Å². The zero-order valence-corrected chi connectivity index (χ0v) is 11.9. The fourth-order valence-corrected chi connectivity index (χ4v) is 3.96. The van der Waals surface area contributed by atoms with Crippen molar-refractivity contribution in [2.24, 2.45) is 0 Å². The van der Waals surface area contributed by atoms with Crippen molar-refractivity contribution in [2.45, 2.75) is 24.5 Å². The summed E-state index contributed by atoms with van der Waals surface area (Å²) in [5.74, 6) is -1.19. The molecule has 110 valence electrons. The van der Waals surface area contributed by atoms with Crippen LogP contribution >= 0.6 is 0 Å². The molecule has 1 aromatic rings. The topological polar surface area (TPSA) is 60.4 Å². The summed E-state index contributed by atoms with van der Waals surface area (Å²) in [5, 5.41) is -0.478. The average Bonchev–Trinajstić information content (AvgIpc) is 2.42. The third-order valence-electron chi connectivity index (χ3n) is 3.35. The maximum atomic E-state index is 12.7. The number of carbonyl (C=O) groups is 1. The first-order valence-electron chi connectivity index (χ1n) is 6.53. The average molecular weight is 300 g/mol. The molecule has 2 rings (SSSR count). The fraction of sp³-hybridized carbons (Fsp3) is 0.500. The Morgan fingerprint density at radius 2 is 1.80 bits per heavy atom. The van der Waals surface area contributed by atoms with Gasteiger partial charge >= 0.3 is 0 Å². The summed E-state index contributed by atoms with van der Waals surface area (Å²) in [6.07, 6.45) is 0.918. The number of ketones is 1. The van der Waals surface area contributed by atoms with Gasteiger partial charge < -0.3 is 4.74 Å². The van der Waals surface area contributed by atoms with E-state index in [1.54, 1.807) is 0 Å². The van der Waals surface area contributed by atoms with Crippen molar-refractivity contribution in [3.8, 4) is 0 Å². The predicted octanol–water partition coefficient (Wildman–Crippen LogP) is 1.53. The van der Waals surface area contributed by atoms with Crippen molar-refractivity contribution in [3.05, 3.63) is 35.6 Å². The molecule has 0 saturated carbocycles. The molecule has 1 saturated heterocycles. The lowest BCUT2D eigenvalue weighted by molar-refractivity contribution is -0.116. The monoisotopic (exact) mass is 300 g/mol. The largest absolute Gasteiger partial charge is 0.381 e. The van der Waals surface area contributed by atoms with Gasteiger partial charge in [0.2, 0.25) is 0 Å². The van der Waals surface area contributed by atoms with Gasteiger partial charge in [-0.15, -0.1) is 0 Å². The lowest BCUT2D eigenvalue weighted by Crippen LogP contribution is -2.33. The van der Waals surface area contributed by atoms with Gasteiger partial charge in [0.15, 0.2) is 15.6 Å². The van der Waals surface area contributed by atoms with E-state index in [9.17, 15) is 17.6 Å². The van der Waals surface area contributed by atoms with E-state index in [1.807, 2.05) is 0 Å². The first-order valence-corrected chi connectivity index (χ1v) is 8.24. The van der Waals surface area contributed by atoms with E-state index >= 15 is 0 Å². The number of benzene rings is 1. The van der Waals surface area contributed by atoms with Crippen molar-refractivity contribution < 1.29 is 22.3 Å². The van der Waals surface area contributed by atoms with Crippen LogP contribution in [0.25, 0.3) is 0 Å². The van der Waals surface area contributed by atoms with E-state index in [-0.39, 0.29) is 18.0 Å². The molecule has 1 aromatic carbocycles. The zero-order valence-electron chi connectivity index (χ0n) is 11.0. The van der Waals surface area contributed by atoms with Crippen LogP contribution in [0.5, 0.6) is 0 Å². The number of hydrogen-bond acceptors (Lipinski definition) is 4. The van der Waals surface area contributed by atoms with Crippen LogP contribution in [0.3, 0.4) is 0 Å². The van der Waals surface area contributed by atoms with Crippen LogP contribution in [-0.4, -0.2) is 38.4 Å². The molecule has 1 aliphatic heterocycles. The van der Waals surface area contributed by atoms with Crippen LogP contribution in [0.2, 0.25) is 0 Å². The van der Waals surface area contributed by atoms with Gasteiger partial charge in [0.05, 0.1) is 5.25 Å². The maximum Gasteiger partial charge on any atom is 0.160 e. The van der Waals surface area contributed by atoms with E-state index in [1.165, 1.54) is 24.3 Å². The van der Waals surface area contributed by atoms with Crippen molar-refractivity contribution in [1.29, 1.82) is 0 Å². The molecular formula is C14H17FO4S. The van der Waals surface area contributed by atoms with Gasteiger partial charge in [-0.1, -0.05) is 12.1 Å². The smallest absolute Gasteiger partial charge is 0.160 e. The Kier molecular flexibility index (Phi) is 4.88. The number of Topliss-reactive ketones (excluding diaryl/α,β-unsaturated/α-hetero) is 1. The summed E-state index contributed by atoms with van der Waals surface area (Å²) in [6.45, 7) is 0.853. The van der Waals surface area contributed by atoms with E-state index < -0.39 is 20.8 Å². The molecule has 0 radical (unpaired) electrons. The molecule has 0 aromatic heterocycles.